The zero-order chi connectivity index (χ0) is 33.8. The average molecular weight is 648 g/mol. The van der Waals surface area contributed by atoms with E-state index in [-0.39, 0.29) is 17.8 Å². The number of nitrogens with zero attached hydrogens (tertiary/aromatic N) is 1. The van der Waals surface area contributed by atoms with Gasteiger partial charge in [-0.15, -0.1) is 0 Å². The first-order valence-electron chi connectivity index (χ1n) is 19.8. The molecule has 0 saturated carbocycles. The van der Waals surface area contributed by atoms with E-state index in [0.29, 0.717) is 25.9 Å². The molecule has 0 spiro atoms. The molecule has 7 nitrogen and oxygen atoms in total. The Morgan fingerprint density at radius 1 is 0.587 bits per heavy atom. The zero-order valence-corrected chi connectivity index (χ0v) is 30.6. The van der Waals surface area contributed by atoms with Crippen LogP contribution in [0.1, 0.15) is 200 Å². The first-order valence-corrected chi connectivity index (χ1v) is 19.8. The highest BCUT2D eigenvalue weighted by Crippen LogP contribution is 2.13. The molecular weight excluding hydrogens is 570 g/mol. The van der Waals surface area contributed by atoms with Gasteiger partial charge < -0.3 is 22.1 Å². The van der Waals surface area contributed by atoms with Crippen molar-refractivity contribution in [3.05, 3.63) is 12.2 Å². The molecule has 0 aliphatic carbocycles. The number of amides is 2. The van der Waals surface area contributed by atoms with Crippen molar-refractivity contribution in [2.45, 2.75) is 206 Å². The van der Waals surface area contributed by atoms with E-state index in [9.17, 15) is 9.59 Å². The van der Waals surface area contributed by atoms with Crippen LogP contribution in [-0.2, 0) is 9.59 Å². The lowest BCUT2D eigenvalue weighted by Crippen LogP contribution is -2.47. The summed E-state index contributed by atoms with van der Waals surface area (Å²) in [6, 6.07) is -0.606. The molecule has 270 valence electrons. The van der Waals surface area contributed by atoms with Gasteiger partial charge in [-0.05, 0) is 44.9 Å². The normalized spacial score (nSPS) is 12.0. The summed E-state index contributed by atoms with van der Waals surface area (Å²) >= 11 is 0. The number of nitrogens with one attached hydrogen (secondary N) is 2. The highest BCUT2D eigenvalue weighted by atomic mass is 16.2. The summed E-state index contributed by atoms with van der Waals surface area (Å²) in [7, 11) is 0. The Balaban J connectivity index is 3.95. The van der Waals surface area contributed by atoms with Crippen molar-refractivity contribution in [1.82, 2.24) is 10.6 Å². The SMILES string of the molecule is CCCCCCCC/C=C/CCCCCCCC(=O)NC(CCN=C(N)N)C(=O)NCCCCCCCCCCCCCCCC. The molecule has 0 rings (SSSR count). The molecule has 0 bridgehead atoms. The van der Waals surface area contributed by atoms with E-state index in [0.717, 1.165) is 38.5 Å². The van der Waals surface area contributed by atoms with Crippen molar-refractivity contribution in [2.75, 3.05) is 13.1 Å². The molecule has 6 N–H and O–H groups in total. The molecule has 46 heavy (non-hydrogen) atoms. The first-order chi connectivity index (χ1) is 22.5. The predicted molar refractivity (Wildman–Crippen MR) is 200 cm³/mol. The summed E-state index contributed by atoms with van der Waals surface area (Å²) in [6.45, 7) is 5.49. The molecule has 0 aromatic rings. The Kier molecular flexibility index (Phi) is 34.2. The van der Waals surface area contributed by atoms with Gasteiger partial charge in [-0.25, -0.2) is 0 Å². The van der Waals surface area contributed by atoms with E-state index in [4.69, 9.17) is 11.5 Å². The van der Waals surface area contributed by atoms with Crippen LogP contribution in [0.3, 0.4) is 0 Å². The fourth-order valence-electron chi connectivity index (χ4n) is 5.87. The smallest absolute Gasteiger partial charge is 0.242 e. The summed E-state index contributed by atoms with van der Waals surface area (Å²) in [5.41, 5.74) is 10.9. The van der Waals surface area contributed by atoms with Crippen LogP contribution >= 0.6 is 0 Å². The van der Waals surface area contributed by atoms with Crippen molar-refractivity contribution in [1.29, 1.82) is 0 Å². The van der Waals surface area contributed by atoms with E-state index in [1.54, 1.807) is 0 Å². The molecular formula is C39H77N5O2. The third kappa shape index (κ3) is 33.3. The molecule has 1 atom stereocenters. The van der Waals surface area contributed by atoms with Gasteiger partial charge in [0.15, 0.2) is 5.96 Å². The fraction of sp³-hybridized carbons (Fsp3) is 0.872. The van der Waals surface area contributed by atoms with Crippen LogP contribution in [-0.4, -0.2) is 36.9 Å². The number of carbonyl (C=O) groups excluding carboxylic acids is 2. The molecule has 0 saturated heterocycles. The van der Waals surface area contributed by atoms with Crippen molar-refractivity contribution < 1.29 is 9.59 Å². The van der Waals surface area contributed by atoms with Crippen molar-refractivity contribution in [3.63, 3.8) is 0 Å². The minimum Gasteiger partial charge on any atom is -0.370 e. The van der Waals surface area contributed by atoms with E-state index in [1.807, 2.05) is 0 Å². The van der Waals surface area contributed by atoms with E-state index in [2.05, 4.69) is 41.6 Å². The van der Waals surface area contributed by atoms with Gasteiger partial charge in [0.05, 0.1) is 0 Å². The molecule has 0 heterocycles. The van der Waals surface area contributed by atoms with Gasteiger partial charge in [0, 0.05) is 19.5 Å². The Hall–Kier alpha value is -2.05. The van der Waals surface area contributed by atoms with Crippen LogP contribution < -0.4 is 22.1 Å². The predicted octanol–water partition coefficient (Wildman–Crippen LogP) is 9.77. The minimum atomic E-state index is -0.606. The van der Waals surface area contributed by atoms with Gasteiger partial charge >= 0.3 is 0 Å². The third-order valence-corrected chi connectivity index (χ3v) is 8.86. The Morgan fingerprint density at radius 2 is 1.00 bits per heavy atom. The van der Waals surface area contributed by atoms with Crippen LogP contribution in [0.5, 0.6) is 0 Å². The van der Waals surface area contributed by atoms with Crippen molar-refractivity contribution in [3.8, 4) is 0 Å². The van der Waals surface area contributed by atoms with Gasteiger partial charge in [-0.2, -0.15) is 0 Å². The number of guanidine groups is 1. The second kappa shape index (κ2) is 35.8. The maximum absolute atomic E-state index is 12.9. The fourth-order valence-corrected chi connectivity index (χ4v) is 5.87. The van der Waals surface area contributed by atoms with Crippen molar-refractivity contribution >= 4 is 17.8 Å². The van der Waals surface area contributed by atoms with Crippen LogP contribution in [0, 0.1) is 0 Å². The lowest BCUT2D eigenvalue weighted by Gasteiger charge is -2.18. The number of allylic oxidation sites excluding steroid dienone is 2. The molecule has 0 aliphatic rings. The lowest BCUT2D eigenvalue weighted by atomic mass is 10.0. The number of hydrogen-bond acceptors (Lipinski definition) is 3. The topological polar surface area (TPSA) is 123 Å². The second-order valence-electron chi connectivity index (χ2n) is 13.4. The number of unbranched alkanes of at least 4 members (excludes halogenated alkanes) is 24. The van der Waals surface area contributed by atoms with Gasteiger partial charge in [-0.1, -0.05) is 161 Å². The van der Waals surface area contributed by atoms with Crippen LogP contribution in [0.2, 0.25) is 0 Å². The monoisotopic (exact) mass is 648 g/mol. The third-order valence-electron chi connectivity index (χ3n) is 8.86. The summed E-state index contributed by atoms with van der Waals surface area (Å²) in [5.74, 6) is -0.210. The maximum Gasteiger partial charge on any atom is 0.242 e. The van der Waals surface area contributed by atoms with Crippen molar-refractivity contribution in [2.24, 2.45) is 16.5 Å². The molecule has 0 aromatic carbocycles. The quantitative estimate of drug-likeness (QED) is 0.0237. The zero-order valence-electron chi connectivity index (χ0n) is 30.6. The molecule has 0 fully saturated rings. The first kappa shape index (κ1) is 43.9. The average Bonchev–Trinajstić information content (AvgIpc) is 3.04. The van der Waals surface area contributed by atoms with Gasteiger partial charge in [-0.3, -0.25) is 14.6 Å². The second-order valence-corrected chi connectivity index (χ2v) is 13.4. The van der Waals surface area contributed by atoms with Gasteiger partial charge in [0.25, 0.3) is 0 Å². The Bertz CT molecular complexity index is 736. The molecule has 1 unspecified atom stereocenters. The molecule has 0 aliphatic heterocycles. The molecule has 0 radical (unpaired) electrons. The molecule has 7 heteroatoms. The number of aliphatic imine (C=N–C) groups is 1. The van der Waals surface area contributed by atoms with Crippen LogP contribution in [0.25, 0.3) is 0 Å². The van der Waals surface area contributed by atoms with Crippen LogP contribution in [0.4, 0.5) is 0 Å². The standard InChI is InChI=1S/C39H77N5O2/c1-3-5-7-9-11-13-15-17-19-20-22-24-26-28-30-32-37(45)44-36(33-35-43-39(40)41)38(46)42-34-31-29-27-25-23-21-18-16-14-12-10-8-6-4-2/h17,19,36H,3-16,18,20-35H2,1-2H3,(H,42,46)(H,44,45)(H4,40,41,43)/b19-17+. The lowest BCUT2D eigenvalue weighted by molar-refractivity contribution is -0.129. The Morgan fingerprint density at radius 3 is 1.46 bits per heavy atom. The number of hydrogen-bond donors (Lipinski definition) is 4. The van der Waals surface area contributed by atoms with E-state index >= 15 is 0 Å². The summed E-state index contributed by atoms with van der Waals surface area (Å²) in [5, 5.41) is 5.95. The highest BCUT2D eigenvalue weighted by molar-refractivity contribution is 5.87. The van der Waals surface area contributed by atoms with Gasteiger partial charge in [0.1, 0.15) is 6.04 Å². The summed E-state index contributed by atoms with van der Waals surface area (Å²) in [6.07, 6.45) is 39.8. The summed E-state index contributed by atoms with van der Waals surface area (Å²) in [4.78, 5) is 29.5. The van der Waals surface area contributed by atoms with E-state index in [1.165, 1.54) is 135 Å². The number of carbonyl (C=O) groups is 2. The largest absolute Gasteiger partial charge is 0.370 e. The molecule has 2 amide bonds. The van der Waals surface area contributed by atoms with Crippen LogP contribution in [0.15, 0.2) is 17.1 Å². The Labute approximate surface area is 285 Å². The number of nitrogens with two attached hydrogens (primary N) is 2. The number of rotatable bonds is 35. The maximum atomic E-state index is 12.9. The molecule has 0 aromatic heterocycles. The van der Waals surface area contributed by atoms with E-state index < -0.39 is 6.04 Å². The summed E-state index contributed by atoms with van der Waals surface area (Å²) < 4.78 is 0. The minimum absolute atomic E-state index is 0.00110. The highest BCUT2D eigenvalue weighted by Gasteiger charge is 2.20. The van der Waals surface area contributed by atoms with Gasteiger partial charge in [0.2, 0.25) is 11.8 Å².